The summed E-state index contributed by atoms with van der Waals surface area (Å²) in [4.78, 5) is 6.34. The van der Waals surface area contributed by atoms with E-state index >= 15 is 0 Å². The summed E-state index contributed by atoms with van der Waals surface area (Å²) in [5.41, 5.74) is 2.03. The number of sulfone groups is 1. The quantitative estimate of drug-likeness (QED) is 0.525. The Labute approximate surface area is 159 Å². The highest BCUT2D eigenvalue weighted by atomic mass is 32.2. The van der Waals surface area contributed by atoms with Crippen molar-refractivity contribution in [1.82, 2.24) is 15.5 Å². The fraction of sp³-hybridized carbons (Fsp3) is 0.588. The fourth-order valence-electron chi connectivity index (χ4n) is 2.76. The Kier molecular flexibility index (Phi) is 8.17. The molecule has 0 aliphatic carbocycles. The minimum absolute atomic E-state index is 0.219. The van der Waals surface area contributed by atoms with Crippen LogP contribution in [0.4, 0.5) is 4.39 Å². The molecule has 9 heteroatoms. The Balaban J connectivity index is 1.78. The highest BCUT2D eigenvalue weighted by Crippen LogP contribution is 2.16. The van der Waals surface area contributed by atoms with Crippen LogP contribution in [0.15, 0.2) is 23.2 Å². The standard InChI is InChI=1S/C17H27FN4O2S2/c1-19-17(20-5-6-22-7-9-26(23,24)10-8-22)21-12-14-3-4-16(18)11-15(14)13-25-2/h3-4,11H,5-10,12-13H2,1-2H3,(H2,19,20,21). The summed E-state index contributed by atoms with van der Waals surface area (Å²) in [5.74, 6) is 1.70. The second-order valence-electron chi connectivity index (χ2n) is 6.19. The van der Waals surface area contributed by atoms with Crippen molar-refractivity contribution in [2.75, 3.05) is 51.0 Å². The van der Waals surface area contributed by atoms with Crippen molar-refractivity contribution in [3.63, 3.8) is 0 Å². The number of aliphatic imine (C=N–C) groups is 1. The lowest BCUT2D eigenvalue weighted by Gasteiger charge is -2.26. The van der Waals surface area contributed by atoms with Crippen LogP contribution in [0.1, 0.15) is 11.1 Å². The molecule has 6 nitrogen and oxygen atoms in total. The van der Waals surface area contributed by atoms with Gasteiger partial charge in [-0.1, -0.05) is 6.07 Å². The molecule has 146 valence electrons. The van der Waals surface area contributed by atoms with Crippen LogP contribution in [0.2, 0.25) is 0 Å². The van der Waals surface area contributed by atoms with Gasteiger partial charge in [0.1, 0.15) is 5.82 Å². The van der Waals surface area contributed by atoms with E-state index in [1.807, 2.05) is 6.26 Å². The van der Waals surface area contributed by atoms with Crippen molar-refractivity contribution < 1.29 is 12.8 Å². The van der Waals surface area contributed by atoms with Crippen molar-refractivity contribution in [2.24, 2.45) is 4.99 Å². The van der Waals surface area contributed by atoms with Gasteiger partial charge < -0.3 is 10.6 Å². The van der Waals surface area contributed by atoms with Crippen LogP contribution in [-0.4, -0.2) is 70.3 Å². The molecule has 1 fully saturated rings. The number of benzene rings is 1. The molecule has 2 N–H and O–H groups in total. The zero-order valence-electron chi connectivity index (χ0n) is 15.3. The van der Waals surface area contributed by atoms with Crippen molar-refractivity contribution in [3.05, 3.63) is 35.1 Å². The number of hydrogen-bond donors (Lipinski definition) is 2. The van der Waals surface area contributed by atoms with E-state index in [1.54, 1.807) is 30.9 Å². The van der Waals surface area contributed by atoms with Crippen LogP contribution in [0.3, 0.4) is 0 Å². The third-order valence-corrected chi connectivity index (χ3v) is 6.50. The zero-order chi connectivity index (χ0) is 19.0. The van der Waals surface area contributed by atoms with Crippen molar-refractivity contribution in [2.45, 2.75) is 12.3 Å². The minimum atomic E-state index is -2.84. The molecule has 1 heterocycles. The normalized spacial score (nSPS) is 17.9. The first-order valence-electron chi connectivity index (χ1n) is 8.57. The lowest BCUT2D eigenvalue weighted by atomic mass is 10.1. The number of hydrogen-bond acceptors (Lipinski definition) is 5. The molecule has 26 heavy (non-hydrogen) atoms. The first-order valence-corrected chi connectivity index (χ1v) is 11.8. The summed E-state index contributed by atoms with van der Waals surface area (Å²) in [6, 6.07) is 4.85. The maximum Gasteiger partial charge on any atom is 0.191 e. The summed E-state index contributed by atoms with van der Waals surface area (Å²) in [6.07, 6.45) is 1.99. The molecule has 0 unspecified atom stereocenters. The number of guanidine groups is 1. The lowest BCUT2D eigenvalue weighted by Crippen LogP contribution is -2.45. The zero-order valence-corrected chi connectivity index (χ0v) is 16.9. The van der Waals surface area contributed by atoms with Gasteiger partial charge >= 0.3 is 0 Å². The summed E-state index contributed by atoms with van der Waals surface area (Å²) >= 11 is 1.66. The average molecular weight is 403 g/mol. The number of nitrogens with one attached hydrogen (secondary N) is 2. The largest absolute Gasteiger partial charge is 0.355 e. The van der Waals surface area contributed by atoms with Crippen molar-refractivity contribution in [1.29, 1.82) is 0 Å². The molecule has 0 aromatic heterocycles. The van der Waals surface area contributed by atoms with Gasteiger partial charge in [0.05, 0.1) is 11.5 Å². The maximum absolute atomic E-state index is 13.4. The summed E-state index contributed by atoms with van der Waals surface area (Å²) in [7, 11) is -1.13. The summed E-state index contributed by atoms with van der Waals surface area (Å²) in [5, 5.41) is 6.49. The first kappa shape index (κ1) is 21.0. The molecule has 0 bridgehead atoms. The van der Waals surface area contributed by atoms with Crippen LogP contribution in [0, 0.1) is 5.82 Å². The smallest absolute Gasteiger partial charge is 0.191 e. The molecule has 1 aliphatic heterocycles. The molecular formula is C17H27FN4O2S2. The summed E-state index contributed by atoms with van der Waals surface area (Å²) in [6.45, 7) is 3.19. The van der Waals surface area contributed by atoms with Crippen molar-refractivity contribution in [3.8, 4) is 0 Å². The van der Waals surface area contributed by atoms with Crippen LogP contribution in [0.5, 0.6) is 0 Å². The Morgan fingerprint density at radius 3 is 2.65 bits per heavy atom. The van der Waals surface area contributed by atoms with Gasteiger partial charge in [-0.2, -0.15) is 11.8 Å². The predicted octanol–water partition coefficient (Wildman–Crippen LogP) is 1.08. The topological polar surface area (TPSA) is 73.8 Å². The molecule has 1 aliphatic rings. The predicted molar refractivity (Wildman–Crippen MR) is 107 cm³/mol. The maximum atomic E-state index is 13.4. The van der Waals surface area contributed by atoms with E-state index in [0.717, 1.165) is 23.4 Å². The van der Waals surface area contributed by atoms with Crippen LogP contribution in [0.25, 0.3) is 0 Å². The Hall–Kier alpha value is -1.32. The van der Waals surface area contributed by atoms with Gasteiger partial charge in [0.15, 0.2) is 15.8 Å². The average Bonchev–Trinajstić information content (AvgIpc) is 2.61. The molecule has 0 atom stereocenters. The van der Waals surface area contributed by atoms with E-state index in [2.05, 4.69) is 20.5 Å². The van der Waals surface area contributed by atoms with E-state index in [9.17, 15) is 12.8 Å². The van der Waals surface area contributed by atoms with Gasteiger partial charge in [-0.15, -0.1) is 0 Å². The Morgan fingerprint density at radius 2 is 2.00 bits per heavy atom. The van der Waals surface area contributed by atoms with Crippen molar-refractivity contribution >= 4 is 27.6 Å². The van der Waals surface area contributed by atoms with Gasteiger partial charge in [-0.05, 0) is 29.5 Å². The minimum Gasteiger partial charge on any atom is -0.355 e. The van der Waals surface area contributed by atoms with E-state index < -0.39 is 9.84 Å². The highest BCUT2D eigenvalue weighted by Gasteiger charge is 2.20. The van der Waals surface area contributed by atoms with E-state index in [1.165, 1.54) is 6.07 Å². The molecule has 0 spiro atoms. The third-order valence-electron chi connectivity index (χ3n) is 4.30. The van der Waals surface area contributed by atoms with Crippen LogP contribution in [-0.2, 0) is 22.1 Å². The number of rotatable bonds is 7. The molecule has 2 rings (SSSR count). The van der Waals surface area contributed by atoms with E-state index in [-0.39, 0.29) is 17.3 Å². The first-order chi connectivity index (χ1) is 12.4. The fourth-order valence-corrected chi connectivity index (χ4v) is 4.62. The highest BCUT2D eigenvalue weighted by molar-refractivity contribution is 7.97. The SMILES string of the molecule is CN=C(NCCN1CCS(=O)(=O)CC1)NCc1ccc(F)cc1CSC. The van der Waals surface area contributed by atoms with Crippen LogP contribution < -0.4 is 10.6 Å². The van der Waals surface area contributed by atoms with Gasteiger partial charge in [0, 0.05) is 45.5 Å². The number of nitrogens with zero attached hydrogens (tertiary/aromatic N) is 2. The molecular weight excluding hydrogens is 375 g/mol. The van der Waals surface area contributed by atoms with Crippen LogP contribution >= 0.6 is 11.8 Å². The Bertz CT molecular complexity index is 711. The molecule has 1 aromatic rings. The van der Waals surface area contributed by atoms with Gasteiger partial charge in [-0.25, -0.2) is 12.8 Å². The number of halogens is 1. The van der Waals surface area contributed by atoms with Gasteiger partial charge in [0.25, 0.3) is 0 Å². The van der Waals surface area contributed by atoms with Gasteiger partial charge in [0.2, 0.25) is 0 Å². The summed E-state index contributed by atoms with van der Waals surface area (Å²) < 4.78 is 36.3. The Morgan fingerprint density at radius 1 is 1.27 bits per heavy atom. The molecule has 1 aromatic carbocycles. The molecule has 0 saturated carbocycles. The molecule has 1 saturated heterocycles. The molecule has 0 radical (unpaired) electrons. The second kappa shape index (κ2) is 10.1. The second-order valence-corrected chi connectivity index (χ2v) is 9.36. The van der Waals surface area contributed by atoms with E-state index in [0.29, 0.717) is 32.1 Å². The number of thioether (sulfide) groups is 1. The molecule has 0 amide bonds. The van der Waals surface area contributed by atoms with Gasteiger partial charge in [-0.3, -0.25) is 9.89 Å². The third kappa shape index (κ3) is 6.77. The van der Waals surface area contributed by atoms with E-state index in [4.69, 9.17) is 0 Å². The monoisotopic (exact) mass is 402 g/mol. The lowest BCUT2D eigenvalue weighted by molar-refractivity contribution is 0.299.